The van der Waals surface area contributed by atoms with E-state index in [1.54, 1.807) is 59.2 Å². The van der Waals surface area contributed by atoms with Gasteiger partial charge in [-0.2, -0.15) is 0 Å². The second kappa shape index (κ2) is 14.7. The minimum absolute atomic E-state index is 0.0213. The highest BCUT2D eigenvalue weighted by Gasteiger charge is 2.63. The first-order valence-corrected chi connectivity index (χ1v) is 19.9. The molecule has 0 bridgehead atoms. The van der Waals surface area contributed by atoms with Crippen LogP contribution in [0.2, 0.25) is 0 Å². The highest BCUT2D eigenvalue weighted by atomic mass is 32.2. The fraction of sp³-hybridized carbons (Fsp3) is 0.605. The molecule has 6 rings (SSSR count). The predicted octanol–water partition coefficient (Wildman–Crippen LogP) is 3.36. The molecule has 1 aromatic heterocycles. The van der Waals surface area contributed by atoms with Crippen molar-refractivity contribution in [2.75, 3.05) is 20.3 Å². The van der Waals surface area contributed by atoms with Crippen LogP contribution in [0, 0.1) is 11.8 Å². The molecular weight excluding hydrogens is 719 g/mol. The van der Waals surface area contributed by atoms with Gasteiger partial charge in [0.2, 0.25) is 27.7 Å². The van der Waals surface area contributed by atoms with Crippen LogP contribution in [0.4, 0.5) is 4.79 Å². The lowest BCUT2D eigenvalue weighted by Crippen LogP contribution is -2.59. The van der Waals surface area contributed by atoms with Gasteiger partial charge in [-0.1, -0.05) is 19.1 Å². The van der Waals surface area contributed by atoms with Gasteiger partial charge in [0, 0.05) is 23.9 Å². The summed E-state index contributed by atoms with van der Waals surface area (Å²) < 4.78 is 50.8. The Hall–Kier alpha value is -4.44. The Bertz CT molecular complexity index is 1940. The Kier molecular flexibility index (Phi) is 10.7. The molecule has 0 spiro atoms. The summed E-state index contributed by atoms with van der Waals surface area (Å²) in [6.07, 6.45) is 4.60. The van der Waals surface area contributed by atoms with Gasteiger partial charge >= 0.3 is 6.09 Å². The van der Waals surface area contributed by atoms with Crippen molar-refractivity contribution in [1.82, 2.24) is 25.2 Å². The van der Waals surface area contributed by atoms with Crippen molar-refractivity contribution in [1.29, 1.82) is 0 Å². The number of benzene rings is 1. The number of amides is 4. The number of carbonyl (C=O) groups excluding carboxylic acids is 4. The summed E-state index contributed by atoms with van der Waals surface area (Å²) in [5.41, 5.74) is -2.42. The molecule has 3 heterocycles. The maximum absolute atomic E-state index is 14.7. The maximum atomic E-state index is 14.7. The molecule has 7 atom stereocenters. The highest BCUT2D eigenvalue weighted by molar-refractivity contribution is 7.91. The standard InChI is InChI=1S/C38H51N5O10S/c1-22-17-23(2)51-16-8-9-25-20-38(25,34(46)42-54(48,49)37(6)13-14-37)41-31(44)29-19-27(21-43(29)33(45)30(22)40-35(47)53-36(3,4)5)52-32-28-11-10-26(50-7)18-24(28)12-15-39-32/h8-12,15,18,22-23,25,27,29-30H,13-14,16-17,19-21H2,1-7H3,(H,40,47)(H,41,44)(H,42,46)/b9-8-/t22-,23+,25-,27-,29+,30+,38-/m1/s1. The zero-order valence-electron chi connectivity index (χ0n) is 31.8. The number of ether oxygens (including phenoxy) is 4. The van der Waals surface area contributed by atoms with Gasteiger partial charge in [0.15, 0.2) is 0 Å². The summed E-state index contributed by atoms with van der Waals surface area (Å²) >= 11 is 0. The number of hydrogen-bond acceptors (Lipinski definition) is 11. The third-order valence-electron chi connectivity index (χ3n) is 10.7. The van der Waals surface area contributed by atoms with Gasteiger partial charge in [0.1, 0.15) is 35.1 Å². The third-order valence-corrected chi connectivity index (χ3v) is 12.9. The number of nitrogens with zero attached hydrogens (tertiary/aromatic N) is 2. The van der Waals surface area contributed by atoms with E-state index in [-0.39, 0.29) is 32.1 Å². The number of nitrogens with one attached hydrogen (secondary N) is 3. The van der Waals surface area contributed by atoms with E-state index in [9.17, 15) is 27.6 Å². The molecule has 0 unspecified atom stereocenters. The largest absolute Gasteiger partial charge is 0.497 e. The van der Waals surface area contributed by atoms with E-state index in [4.69, 9.17) is 18.9 Å². The van der Waals surface area contributed by atoms with E-state index < -0.39 is 79.7 Å². The summed E-state index contributed by atoms with van der Waals surface area (Å²) in [7, 11) is -2.45. The zero-order chi connectivity index (χ0) is 39.2. The number of sulfonamides is 1. The average molecular weight is 770 g/mol. The van der Waals surface area contributed by atoms with Gasteiger partial charge in [-0.15, -0.1) is 0 Å². The van der Waals surface area contributed by atoms with Crippen LogP contribution in [0.25, 0.3) is 10.8 Å². The second-order valence-corrected chi connectivity index (χ2v) is 18.4. The number of hydrogen-bond donors (Lipinski definition) is 3. The van der Waals surface area contributed by atoms with Crippen molar-refractivity contribution in [3.8, 4) is 11.6 Å². The molecule has 0 radical (unpaired) electrons. The number of aromatic nitrogens is 1. The maximum Gasteiger partial charge on any atom is 0.408 e. The lowest BCUT2D eigenvalue weighted by Gasteiger charge is -2.33. The average Bonchev–Trinajstić information content (AvgIpc) is 3.97. The SMILES string of the molecule is COc1ccc2c(O[C@@H]3C[C@H]4C(=O)N[C@]5(C(=O)NS(=O)(=O)C6(C)CC6)C[C@H]5/C=C\CO[C@@H](C)C[C@@H](C)[C@H](NC(=O)OC(C)(C)C)C(=O)N4C3)nccc2c1. The van der Waals surface area contributed by atoms with Crippen LogP contribution in [-0.4, -0.2) is 103 Å². The van der Waals surface area contributed by atoms with E-state index in [1.807, 2.05) is 32.0 Å². The van der Waals surface area contributed by atoms with Crippen LogP contribution in [0.15, 0.2) is 42.6 Å². The topological polar surface area (TPSA) is 192 Å². The van der Waals surface area contributed by atoms with Crippen LogP contribution in [0.1, 0.15) is 73.6 Å². The van der Waals surface area contributed by atoms with Crippen molar-refractivity contribution in [3.05, 3.63) is 42.6 Å². The molecule has 2 aliphatic heterocycles. The first-order valence-electron chi connectivity index (χ1n) is 18.4. The number of carbonyl (C=O) groups is 4. The van der Waals surface area contributed by atoms with Crippen molar-refractivity contribution in [2.45, 2.75) is 114 Å². The van der Waals surface area contributed by atoms with Crippen LogP contribution < -0.4 is 24.8 Å². The molecule has 4 aliphatic rings. The number of rotatable bonds is 7. The normalized spacial score (nSPS) is 30.4. The number of fused-ring (bicyclic) bond motifs is 3. The van der Waals surface area contributed by atoms with Crippen molar-refractivity contribution in [2.24, 2.45) is 11.8 Å². The second-order valence-electron chi connectivity index (χ2n) is 16.2. The molecule has 3 fully saturated rings. The number of methoxy groups -OCH3 is 1. The first kappa shape index (κ1) is 39.3. The minimum Gasteiger partial charge on any atom is -0.497 e. The number of alkyl carbamates (subject to hydrolysis) is 1. The Morgan fingerprint density at radius 1 is 1.11 bits per heavy atom. The minimum atomic E-state index is -4.02. The fourth-order valence-electron chi connectivity index (χ4n) is 7.18. The van der Waals surface area contributed by atoms with Gasteiger partial charge in [0.25, 0.3) is 5.91 Å². The Morgan fingerprint density at radius 2 is 1.85 bits per heavy atom. The molecule has 1 aromatic carbocycles. The molecule has 2 saturated carbocycles. The fourth-order valence-corrected chi connectivity index (χ4v) is 8.49. The lowest BCUT2D eigenvalue weighted by molar-refractivity contribution is -0.142. The Morgan fingerprint density at radius 3 is 2.54 bits per heavy atom. The smallest absolute Gasteiger partial charge is 0.408 e. The summed E-state index contributed by atoms with van der Waals surface area (Å²) in [6, 6.07) is 4.97. The first-order chi connectivity index (χ1) is 25.3. The van der Waals surface area contributed by atoms with Gasteiger partial charge < -0.3 is 34.5 Å². The Labute approximate surface area is 315 Å². The van der Waals surface area contributed by atoms with Crippen LogP contribution >= 0.6 is 0 Å². The summed E-state index contributed by atoms with van der Waals surface area (Å²) in [5.74, 6) is -2.10. The predicted molar refractivity (Wildman–Crippen MR) is 198 cm³/mol. The van der Waals surface area contributed by atoms with Gasteiger partial charge in [0.05, 0.1) is 31.1 Å². The quantitative estimate of drug-likeness (QED) is 0.350. The van der Waals surface area contributed by atoms with Gasteiger partial charge in [-0.3, -0.25) is 19.1 Å². The summed E-state index contributed by atoms with van der Waals surface area (Å²) in [5, 5.41) is 7.11. The highest BCUT2D eigenvalue weighted by Crippen LogP contribution is 2.47. The van der Waals surface area contributed by atoms with E-state index in [1.165, 1.54) is 4.90 Å². The Balaban J connectivity index is 1.35. The molecule has 2 aromatic rings. The molecule has 1 saturated heterocycles. The lowest BCUT2D eigenvalue weighted by atomic mass is 9.94. The van der Waals surface area contributed by atoms with Gasteiger partial charge in [-0.25, -0.2) is 18.2 Å². The van der Waals surface area contributed by atoms with E-state index >= 15 is 0 Å². The molecule has 2 aliphatic carbocycles. The van der Waals surface area contributed by atoms with Crippen LogP contribution in [-0.2, 0) is 33.9 Å². The number of pyridine rings is 1. The molecule has 54 heavy (non-hydrogen) atoms. The molecule has 4 amide bonds. The van der Waals surface area contributed by atoms with Crippen LogP contribution in [0.5, 0.6) is 11.6 Å². The molecular formula is C38H51N5O10S. The van der Waals surface area contributed by atoms with Gasteiger partial charge in [-0.05, 0) is 95.9 Å². The summed E-state index contributed by atoms with van der Waals surface area (Å²) in [4.78, 5) is 62.0. The van der Waals surface area contributed by atoms with E-state index in [0.717, 1.165) is 5.39 Å². The molecule has 15 nitrogen and oxygen atoms in total. The van der Waals surface area contributed by atoms with E-state index in [2.05, 4.69) is 20.3 Å². The van der Waals surface area contributed by atoms with Crippen molar-refractivity contribution >= 4 is 44.6 Å². The monoisotopic (exact) mass is 769 g/mol. The van der Waals surface area contributed by atoms with E-state index in [0.29, 0.717) is 36.3 Å². The third kappa shape index (κ3) is 8.28. The molecule has 294 valence electrons. The molecule has 3 N–H and O–H groups in total. The van der Waals surface area contributed by atoms with Crippen molar-refractivity contribution in [3.63, 3.8) is 0 Å². The summed E-state index contributed by atoms with van der Waals surface area (Å²) in [6.45, 7) is 10.5. The zero-order valence-corrected chi connectivity index (χ0v) is 32.7. The van der Waals surface area contributed by atoms with Crippen LogP contribution in [0.3, 0.4) is 0 Å². The van der Waals surface area contributed by atoms with Crippen molar-refractivity contribution < 1.29 is 46.5 Å². The molecule has 16 heteroatoms.